The number of amides is 4. The Hall–Kier alpha value is -4.46. The number of unbranched alkanes of at least 4 members (excludes halogenated alkanes) is 1. The number of methoxy groups -OCH3 is 1. The van der Waals surface area contributed by atoms with Crippen molar-refractivity contribution in [2.24, 2.45) is 0 Å². The minimum atomic E-state index is -0.853. The molecule has 212 valence electrons. The molecule has 11 nitrogen and oxygen atoms in total. The quantitative estimate of drug-likeness (QED) is 0.0692. The molecule has 0 spiro atoms. The normalized spacial score (nSPS) is 14.2. The van der Waals surface area contributed by atoms with Crippen molar-refractivity contribution in [3.8, 4) is 17.2 Å². The second-order valence-electron chi connectivity index (χ2n) is 8.90. The first-order chi connectivity index (χ1) is 19.7. The molecule has 4 amide bonds. The molecular weight excluding hydrogens is 645 g/mol. The molecular formula is C29H26IN3O8. The number of anilines is 1. The first kappa shape index (κ1) is 29.5. The maximum absolute atomic E-state index is 13.3. The van der Waals surface area contributed by atoms with Gasteiger partial charge in [-0.1, -0.05) is 25.5 Å². The lowest BCUT2D eigenvalue weighted by Crippen LogP contribution is -2.54. The van der Waals surface area contributed by atoms with Gasteiger partial charge < -0.3 is 14.2 Å². The molecule has 0 atom stereocenters. The van der Waals surface area contributed by atoms with Crippen molar-refractivity contribution in [2.45, 2.75) is 26.4 Å². The summed E-state index contributed by atoms with van der Waals surface area (Å²) in [7, 11) is 1.44. The van der Waals surface area contributed by atoms with E-state index < -0.39 is 22.8 Å². The minimum Gasteiger partial charge on any atom is -0.494 e. The van der Waals surface area contributed by atoms with Crippen LogP contribution in [0.1, 0.15) is 30.9 Å². The number of non-ortho nitro benzene ring substituents is 1. The molecule has 1 N–H and O–H groups in total. The van der Waals surface area contributed by atoms with E-state index in [0.717, 1.165) is 17.7 Å². The summed E-state index contributed by atoms with van der Waals surface area (Å²) in [6, 6.07) is 15.0. The lowest BCUT2D eigenvalue weighted by Gasteiger charge is -2.26. The van der Waals surface area contributed by atoms with Gasteiger partial charge in [0.2, 0.25) is 0 Å². The van der Waals surface area contributed by atoms with Crippen LogP contribution in [-0.2, 0) is 16.2 Å². The Bertz CT molecular complexity index is 1520. The lowest BCUT2D eigenvalue weighted by atomic mass is 10.1. The average molecular weight is 671 g/mol. The van der Waals surface area contributed by atoms with Gasteiger partial charge in [0.15, 0.2) is 11.5 Å². The molecule has 3 aromatic rings. The molecule has 1 aliphatic rings. The fraction of sp³-hybridized carbons (Fsp3) is 0.207. The van der Waals surface area contributed by atoms with E-state index in [-0.39, 0.29) is 23.6 Å². The Labute approximate surface area is 249 Å². The Kier molecular flexibility index (Phi) is 9.55. The molecule has 1 fully saturated rings. The summed E-state index contributed by atoms with van der Waals surface area (Å²) >= 11 is 2.03. The Morgan fingerprint density at radius 3 is 2.49 bits per heavy atom. The highest BCUT2D eigenvalue weighted by Gasteiger charge is 2.37. The number of imide groups is 2. The van der Waals surface area contributed by atoms with Gasteiger partial charge in [-0.2, -0.15) is 0 Å². The van der Waals surface area contributed by atoms with E-state index in [2.05, 4.69) is 12.2 Å². The number of barbiturate groups is 1. The first-order valence-electron chi connectivity index (χ1n) is 12.6. The summed E-state index contributed by atoms with van der Waals surface area (Å²) in [5.74, 6) is -0.286. The zero-order chi connectivity index (χ0) is 29.5. The second kappa shape index (κ2) is 13.3. The highest BCUT2D eigenvalue weighted by molar-refractivity contribution is 14.1. The molecule has 0 aliphatic carbocycles. The van der Waals surface area contributed by atoms with Crippen molar-refractivity contribution in [1.29, 1.82) is 0 Å². The average Bonchev–Trinajstić information content (AvgIpc) is 2.95. The molecule has 0 saturated carbocycles. The summed E-state index contributed by atoms with van der Waals surface area (Å²) in [5.41, 5.74) is 1.05. The Morgan fingerprint density at radius 2 is 1.80 bits per heavy atom. The summed E-state index contributed by atoms with van der Waals surface area (Å²) in [4.78, 5) is 50.1. The van der Waals surface area contributed by atoms with Crippen LogP contribution in [0.4, 0.5) is 16.2 Å². The maximum atomic E-state index is 13.3. The van der Waals surface area contributed by atoms with Gasteiger partial charge in [0.05, 0.1) is 27.9 Å². The molecule has 0 radical (unpaired) electrons. The van der Waals surface area contributed by atoms with Gasteiger partial charge in [-0.3, -0.25) is 25.0 Å². The number of benzene rings is 3. The van der Waals surface area contributed by atoms with Crippen LogP contribution in [0.3, 0.4) is 0 Å². The Morgan fingerprint density at radius 1 is 1.05 bits per heavy atom. The molecule has 1 heterocycles. The van der Waals surface area contributed by atoms with Gasteiger partial charge in [-0.05, 0) is 82.6 Å². The van der Waals surface area contributed by atoms with Gasteiger partial charge in [-0.15, -0.1) is 0 Å². The minimum absolute atomic E-state index is 0.0473. The van der Waals surface area contributed by atoms with Gasteiger partial charge >= 0.3 is 6.03 Å². The zero-order valence-electron chi connectivity index (χ0n) is 22.2. The Balaban J connectivity index is 1.57. The highest BCUT2D eigenvalue weighted by Crippen LogP contribution is 2.36. The van der Waals surface area contributed by atoms with Crippen LogP contribution in [-0.4, -0.2) is 36.5 Å². The molecule has 0 aromatic heterocycles. The number of hydrogen-bond donors (Lipinski definition) is 1. The van der Waals surface area contributed by atoms with E-state index in [1.54, 1.807) is 48.5 Å². The van der Waals surface area contributed by atoms with Gasteiger partial charge in [0.25, 0.3) is 17.5 Å². The maximum Gasteiger partial charge on any atom is 0.335 e. The molecule has 1 aliphatic heterocycles. The molecule has 0 bridgehead atoms. The highest BCUT2D eigenvalue weighted by atomic mass is 127. The number of carbonyl (C=O) groups excluding carboxylic acids is 3. The third-order valence-corrected chi connectivity index (χ3v) is 6.83. The summed E-state index contributed by atoms with van der Waals surface area (Å²) in [5, 5.41) is 13.3. The summed E-state index contributed by atoms with van der Waals surface area (Å²) < 4.78 is 17.6. The van der Waals surface area contributed by atoms with Crippen molar-refractivity contribution < 1.29 is 33.5 Å². The predicted molar refractivity (Wildman–Crippen MR) is 159 cm³/mol. The van der Waals surface area contributed by atoms with E-state index in [0.29, 0.717) is 38.6 Å². The number of rotatable bonds is 11. The lowest BCUT2D eigenvalue weighted by molar-refractivity contribution is -0.384. The first-order valence-corrected chi connectivity index (χ1v) is 13.7. The van der Waals surface area contributed by atoms with Crippen molar-refractivity contribution in [2.75, 3.05) is 18.6 Å². The zero-order valence-corrected chi connectivity index (χ0v) is 24.4. The molecule has 3 aromatic carbocycles. The number of nitrogens with zero attached hydrogens (tertiary/aromatic N) is 2. The number of hydrogen-bond acceptors (Lipinski definition) is 8. The SMILES string of the molecule is CCCCOc1ccc(N2C(=O)NC(=O)/C(=C/c3cc(I)c(OCc4cccc([N+](=O)[O-])c4)c(OC)c3)C2=O)cc1. The third-order valence-electron chi connectivity index (χ3n) is 6.03. The van der Waals surface area contributed by atoms with Crippen LogP contribution in [0.15, 0.2) is 66.2 Å². The van der Waals surface area contributed by atoms with Crippen molar-refractivity contribution in [3.05, 3.63) is 91.0 Å². The van der Waals surface area contributed by atoms with E-state index >= 15 is 0 Å². The van der Waals surface area contributed by atoms with Crippen LogP contribution in [0.25, 0.3) is 6.08 Å². The van der Waals surface area contributed by atoms with Gasteiger partial charge in [0, 0.05) is 12.1 Å². The number of ether oxygens (including phenoxy) is 3. The van der Waals surface area contributed by atoms with E-state index in [9.17, 15) is 24.5 Å². The molecule has 4 rings (SSSR count). The predicted octanol–water partition coefficient (Wildman–Crippen LogP) is 5.63. The number of nitrogens with one attached hydrogen (secondary N) is 1. The summed E-state index contributed by atoms with van der Waals surface area (Å²) in [6.07, 6.45) is 3.26. The number of urea groups is 1. The molecule has 0 unspecified atom stereocenters. The third kappa shape index (κ3) is 7.01. The van der Waals surface area contributed by atoms with Gasteiger partial charge in [0.1, 0.15) is 17.9 Å². The van der Waals surface area contributed by atoms with E-state index in [1.165, 1.54) is 25.3 Å². The molecule has 41 heavy (non-hydrogen) atoms. The van der Waals surface area contributed by atoms with Crippen molar-refractivity contribution >= 4 is 57.9 Å². The number of nitro groups is 1. The summed E-state index contributed by atoms with van der Waals surface area (Å²) in [6.45, 7) is 2.66. The smallest absolute Gasteiger partial charge is 0.335 e. The van der Waals surface area contributed by atoms with Crippen LogP contribution >= 0.6 is 22.6 Å². The van der Waals surface area contributed by atoms with Gasteiger partial charge in [-0.25, -0.2) is 9.69 Å². The van der Waals surface area contributed by atoms with Crippen LogP contribution in [0.5, 0.6) is 17.2 Å². The topological polar surface area (TPSA) is 137 Å². The number of carbonyl (C=O) groups is 3. The fourth-order valence-electron chi connectivity index (χ4n) is 3.96. The fourth-order valence-corrected chi connectivity index (χ4v) is 4.74. The molecule has 12 heteroatoms. The van der Waals surface area contributed by atoms with Crippen molar-refractivity contribution in [1.82, 2.24) is 5.32 Å². The van der Waals surface area contributed by atoms with Crippen molar-refractivity contribution in [3.63, 3.8) is 0 Å². The largest absolute Gasteiger partial charge is 0.494 e. The number of nitro benzene ring substituents is 1. The second-order valence-corrected chi connectivity index (χ2v) is 10.1. The van der Waals surface area contributed by atoms with E-state index in [4.69, 9.17) is 14.2 Å². The van der Waals surface area contributed by atoms with Crippen LogP contribution < -0.4 is 24.4 Å². The van der Waals surface area contributed by atoms with Crippen LogP contribution in [0.2, 0.25) is 0 Å². The van der Waals surface area contributed by atoms with Crippen LogP contribution in [0, 0.1) is 13.7 Å². The molecule has 1 saturated heterocycles. The number of halogens is 1. The standard InChI is InChI=1S/C29H26IN3O8/c1-3-4-12-40-22-10-8-20(9-11-22)32-28(35)23(27(34)31-29(32)36)14-19-15-24(30)26(25(16-19)39-2)41-17-18-6-5-7-21(13-18)33(37)38/h5-11,13-16H,3-4,12,17H2,1-2H3,(H,31,34,36)/b23-14-. The van der Waals surface area contributed by atoms with E-state index in [1.807, 2.05) is 22.6 Å². The monoisotopic (exact) mass is 671 g/mol.